The highest BCUT2D eigenvalue weighted by Crippen LogP contribution is 2.40. The van der Waals surface area contributed by atoms with Crippen LogP contribution in [0.2, 0.25) is 0 Å². The molecule has 0 aromatic rings. The van der Waals surface area contributed by atoms with Crippen molar-refractivity contribution in [3.8, 4) is 0 Å². The summed E-state index contributed by atoms with van der Waals surface area (Å²) in [4.78, 5) is 34.8. The molecule has 2 atom stereocenters. The largest absolute Gasteiger partial charge is 0.300 e. The molecule has 0 aromatic carbocycles. The lowest BCUT2D eigenvalue weighted by Gasteiger charge is -2.37. The van der Waals surface area contributed by atoms with E-state index in [-0.39, 0.29) is 35.1 Å². The Bertz CT molecular complexity index is 328. The first-order valence-electron chi connectivity index (χ1n) is 5.80. The molecule has 3 nitrogen and oxygen atoms in total. The number of carbonyl (C=O) groups is 3. The molecule has 0 N–H and O–H groups in total. The van der Waals surface area contributed by atoms with Crippen LogP contribution >= 0.6 is 0 Å². The summed E-state index contributed by atoms with van der Waals surface area (Å²) >= 11 is 0. The van der Waals surface area contributed by atoms with E-state index in [9.17, 15) is 14.4 Å². The zero-order chi connectivity index (χ0) is 12.5. The normalized spacial score (nSPS) is 28.9. The molecule has 0 radical (unpaired) electrons. The van der Waals surface area contributed by atoms with E-state index >= 15 is 0 Å². The number of ketones is 3. The van der Waals surface area contributed by atoms with E-state index in [2.05, 4.69) is 0 Å². The summed E-state index contributed by atoms with van der Waals surface area (Å²) in [5.41, 5.74) is -0.383. The lowest BCUT2D eigenvalue weighted by atomic mass is 9.64. The average Bonchev–Trinajstić information content (AvgIpc) is 2.12. The predicted molar refractivity (Wildman–Crippen MR) is 61.0 cm³/mol. The van der Waals surface area contributed by atoms with Gasteiger partial charge >= 0.3 is 0 Å². The van der Waals surface area contributed by atoms with Crippen LogP contribution in [-0.2, 0) is 14.4 Å². The molecule has 1 fully saturated rings. The Morgan fingerprint density at radius 2 is 1.88 bits per heavy atom. The molecule has 3 heteroatoms. The van der Waals surface area contributed by atoms with Gasteiger partial charge in [-0.15, -0.1) is 0 Å². The first-order valence-corrected chi connectivity index (χ1v) is 5.80. The SMILES string of the molecule is CC(=O)C[C@@H]1C(=O)C(C)(C)CC[C@@H]1C(C)=O. The molecule has 0 unspecified atom stereocenters. The standard InChI is InChI=1S/C13H20O3/c1-8(14)7-11-10(9(2)15)5-6-13(3,4)12(11)16/h10-11H,5-7H2,1-4H3/t10-,11+/m1/s1. The fourth-order valence-electron chi connectivity index (χ4n) is 2.56. The lowest BCUT2D eigenvalue weighted by molar-refractivity contribution is -0.144. The van der Waals surface area contributed by atoms with Gasteiger partial charge in [0.2, 0.25) is 0 Å². The molecule has 0 spiro atoms. The summed E-state index contributed by atoms with van der Waals surface area (Å²) in [7, 11) is 0. The van der Waals surface area contributed by atoms with E-state index in [0.29, 0.717) is 0 Å². The minimum absolute atomic E-state index is 0.0118. The number of rotatable bonds is 3. The minimum atomic E-state index is -0.390. The van der Waals surface area contributed by atoms with Gasteiger partial charge in [0.15, 0.2) is 0 Å². The quantitative estimate of drug-likeness (QED) is 0.738. The summed E-state index contributed by atoms with van der Waals surface area (Å²) in [6, 6.07) is 0. The van der Waals surface area contributed by atoms with Crippen molar-refractivity contribution in [2.75, 3.05) is 0 Å². The van der Waals surface area contributed by atoms with Crippen LogP contribution in [0.1, 0.15) is 47.0 Å². The molecule has 90 valence electrons. The summed E-state index contributed by atoms with van der Waals surface area (Å²) in [6.45, 7) is 6.80. The van der Waals surface area contributed by atoms with Gasteiger partial charge in [0.25, 0.3) is 0 Å². The first-order chi connectivity index (χ1) is 7.25. The Labute approximate surface area is 96.6 Å². The maximum absolute atomic E-state index is 12.2. The van der Waals surface area contributed by atoms with Gasteiger partial charge in [-0.05, 0) is 26.7 Å². The minimum Gasteiger partial charge on any atom is -0.300 e. The summed E-state index contributed by atoms with van der Waals surface area (Å²) < 4.78 is 0. The van der Waals surface area contributed by atoms with Crippen molar-refractivity contribution in [1.82, 2.24) is 0 Å². The highest BCUT2D eigenvalue weighted by atomic mass is 16.1. The highest BCUT2D eigenvalue weighted by molar-refractivity contribution is 5.95. The van der Waals surface area contributed by atoms with Crippen molar-refractivity contribution in [2.45, 2.75) is 47.0 Å². The molecule has 0 heterocycles. The van der Waals surface area contributed by atoms with E-state index in [0.717, 1.165) is 12.8 Å². The molecule has 1 saturated carbocycles. The number of carbonyl (C=O) groups excluding carboxylic acids is 3. The predicted octanol–water partition coefficient (Wildman–Crippen LogP) is 2.18. The fraction of sp³-hybridized carbons (Fsp3) is 0.769. The molecule has 1 rings (SSSR count). The highest BCUT2D eigenvalue weighted by Gasteiger charge is 2.44. The van der Waals surface area contributed by atoms with Crippen molar-refractivity contribution in [3.63, 3.8) is 0 Å². The van der Waals surface area contributed by atoms with Gasteiger partial charge in [0, 0.05) is 23.7 Å². The molecule has 0 saturated heterocycles. The molecule has 1 aliphatic carbocycles. The van der Waals surface area contributed by atoms with Gasteiger partial charge < -0.3 is 4.79 Å². The van der Waals surface area contributed by atoms with E-state index < -0.39 is 5.92 Å². The van der Waals surface area contributed by atoms with Crippen LogP contribution in [0.4, 0.5) is 0 Å². The molecule has 16 heavy (non-hydrogen) atoms. The maximum atomic E-state index is 12.2. The van der Waals surface area contributed by atoms with Crippen LogP contribution in [0.5, 0.6) is 0 Å². The molecule has 0 aliphatic heterocycles. The number of hydrogen-bond acceptors (Lipinski definition) is 3. The average molecular weight is 224 g/mol. The second-order valence-corrected chi connectivity index (χ2v) is 5.52. The summed E-state index contributed by atoms with van der Waals surface area (Å²) in [5.74, 6) is -0.533. The molecule has 0 aromatic heterocycles. The van der Waals surface area contributed by atoms with Crippen molar-refractivity contribution >= 4 is 17.3 Å². The molecule has 0 bridgehead atoms. The van der Waals surface area contributed by atoms with Gasteiger partial charge in [-0.3, -0.25) is 9.59 Å². The van der Waals surface area contributed by atoms with Crippen molar-refractivity contribution in [2.24, 2.45) is 17.3 Å². The summed E-state index contributed by atoms with van der Waals surface area (Å²) in [5, 5.41) is 0. The summed E-state index contributed by atoms with van der Waals surface area (Å²) in [6.07, 6.45) is 1.68. The van der Waals surface area contributed by atoms with Crippen LogP contribution in [0.3, 0.4) is 0 Å². The van der Waals surface area contributed by atoms with Crippen LogP contribution in [-0.4, -0.2) is 17.3 Å². The second-order valence-electron chi connectivity index (χ2n) is 5.52. The van der Waals surface area contributed by atoms with Crippen LogP contribution in [0, 0.1) is 17.3 Å². The van der Waals surface area contributed by atoms with Gasteiger partial charge in [-0.1, -0.05) is 13.8 Å². The van der Waals surface area contributed by atoms with Crippen LogP contribution < -0.4 is 0 Å². The Morgan fingerprint density at radius 1 is 1.31 bits per heavy atom. The Hall–Kier alpha value is -0.990. The van der Waals surface area contributed by atoms with E-state index in [1.54, 1.807) is 0 Å². The van der Waals surface area contributed by atoms with Crippen LogP contribution in [0.15, 0.2) is 0 Å². The first kappa shape index (κ1) is 13.1. The molecule has 1 aliphatic rings. The maximum Gasteiger partial charge on any atom is 0.142 e. The lowest BCUT2D eigenvalue weighted by Crippen LogP contribution is -2.43. The van der Waals surface area contributed by atoms with E-state index in [1.807, 2.05) is 13.8 Å². The zero-order valence-corrected chi connectivity index (χ0v) is 10.5. The fourth-order valence-corrected chi connectivity index (χ4v) is 2.56. The van der Waals surface area contributed by atoms with Crippen molar-refractivity contribution < 1.29 is 14.4 Å². The molecular weight excluding hydrogens is 204 g/mol. The third-order valence-electron chi connectivity index (χ3n) is 3.60. The molecular formula is C13H20O3. The molecule has 0 amide bonds. The third-order valence-corrected chi connectivity index (χ3v) is 3.60. The number of Topliss-reactive ketones (excluding diaryl/α,β-unsaturated/α-hetero) is 3. The van der Waals surface area contributed by atoms with Gasteiger partial charge in [-0.25, -0.2) is 0 Å². The van der Waals surface area contributed by atoms with Gasteiger partial charge in [0.1, 0.15) is 17.3 Å². The Balaban J connectivity index is 2.95. The third kappa shape index (κ3) is 2.57. The van der Waals surface area contributed by atoms with E-state index in [1.165, 1.54) is 13.8 Å². The van der Waals surface area contributed by atoms with E-state index in [4.69, 9.17) is 0 Å². The smallest absolute Gasteiger partial charge is 0.142 e. The van der Waals surface area contributed by atoms with Crippen molar-refractivity contribution in [3.05, 3.63) is 0 Å². The van der Waals surface area contributed by atoms with Crippen LogP contribution in [0.25, 0.3) is 0 Å². The van der Waals surface area contributed by atoms with Gasteiger partial charge in [0.05, 0.1) is 0 Å². The monoisotopic (exact) mass is 224 g/mol. The van der Waals surface area contributed by atoms with Gasteiger partial charge in [-0.2, -0.15) is 0 Å². The van der Waals surface area contributed by atoms with Crippen molar-refractivity contribution in [1.29, 1.82) is 0 Å². The topological polar surface area (TPSA) is 51.2 Å². The Morgan fingerprint density at radius 3 is 2.31 bits per heavy atom. The number of hydrogen-bond donors (Lipinski definition) is 0. The Kier molecular flexibility index (Phi) is 3.66. The zero-order valence-electron chi connectivity index (χ0n) is 10.5. The second kappa shape index (κ2) is 4.48.